The van der Waals surface area contributed by atoms with E-state index in [0.717, 1.165) is 105 Å². The number of hydrogen-bond acceptors (Lipinski definition) is 22. The molecule has 0 saturated heterocycles. The predicted molar refractivity (Wildman–Crippen MR) is 491 cm³/mol. The molecule has 2 aliphatic heterocycles. The summed E-state index contributed by atoms with van der Waals surface area (Å²) in [5.41, 5.74) is 38.0. The summed E-state index contributed by atoms with van der Waals surface area (Å²) in [6, 6.07) is 81.3. The van der Waals surface area contributed by atoms with Crippen LogP contribution in [0.1, 0.15) is 189 Å². The lowest BCUT2D eigenvalue weighted by Crippen LogP contribution is -2.31. The summed E-state index contributed by atoms with van der Waals surface area (Å²) in [5, 5.41) is 29.5. The third-order valence-corrected chi connectivity index (χ3v) is 20.4. The molecule has 5 aliphatic rings. The first-order valence-corrected chi connectivity index (χ1v) is 42.8. The van der Waals surface area contributed by atoms with E-state index in [1.54, 1.807) is 6.08 Å². The fraction of sp³-hybridized carbons (Fsp3) is 0.340. The first-order valence-electron chi connectivity index (χ1n) is 42.8. The van der Waals surface area contributed by atoms with Crippen molar-refractivity contribution >= 4 is 41.3 Å². The lowest BCUT2D eigenvalue weighted by molar-refractivity contribution is -0.120. The average molecular weight is 1730 g/mol. The van der Waals surface area contributed by atoms with E-state index in [2.05, 4.69) is 85.7 Å². The zero-order valence-corrected chi connectivity index (χ0v) is 74.5. The Labute approximate surface area is 744 Å². The molecule has 2 amide bonds. The molecule has 8 unspecified atom stereocenters. The minimum absolute atomic E-state index is 0.0380. The Balaban J connectivity index is 0.000000169. The van der Waals surface area contributed by atoms with E-state index >= 15 is 0 Å². The third-order valence-electron chi connectivity index (χ3n) is 20.4. The number of hydrogen-bond donors (Lipinski definition) is 8. The second kappa shape index (κ2) is 51.3. The molecule has 670 valence electrons. The molecule has 11 aromatic rings. The maximum atomic E-state index is 12.1. The molecule has 0 radical (unpaired) electrons. The maximum Gasteiger partial charge on any atom is 0.270 e. The van der Waals surface area contributed by atoms with Gasteiger partial charge in [0.2, 0.25) is 23.6 Å². The predicted octanol–water partition coefficient (Wildman–Crippen LogP) is 15.3. The Morgan fingerprint density at radius 2 is 0.693 bits per heavy atom. The highest BCUT2D eigenvalue weighted by molar-refractivity contribution is 6.09. The summed E-state index contributed by atoms with van der Waals surface area (Å²) in [7, 11) is 0. The Kier molecular flexibility index (Phi) is 39.7. The van der Waals surface area contributed by atoms with Crippen molar-refractivity contribution < 1.29 is 63.0 Å². The molecule has 8 aromatic carbocycles. The summed E-state index contributed by atoms with van der Waals surface area (Å²) in [6.45, 7) is 22.7. The number of ether oxygens (including phenoxy) is 2. The van der Waals surface area contributed by atoms with Crippen LogP contribution in [-0.4, -0.2) is 117 Å². The number of carbonyl (C=O) groups excluding carboxylic acids is 5. The third kappa shape index (κ3) is 32.2. The summed E-state index contributed by atoms with van der Waals surface area (Å²) in [6.07, 6.45) is 8.69. The van der Waals surface area contributed by atoms with E-state index in [1.165, 1.54) is 42.4 Å². The van der Waals surface area contributed by atoms with Crippen LogP contribution < -0.4 is 33.4 Å². The van der Waals surface area contributed by atoms with Gasteiger partial charge < -0.3 is 31.2 Å². The zero-order chi connectivity index (χ0) is 91.0. The van der Waals surface area contributed by atoms with E-state index in [-0.39, 0.29) is 109 Å². The molecule has 0 spiro atoms. The Morgan fingerprint density at radius 3 is 0.953 bits per heavy atom. The van der Waals surface area contributed by atoms with Crippen molar-refractivity contribution in [2.75, 3.05) is 0 Å². The standard InChI is InChI=1S/C23H20N2O2.2C16H21N3O2.2C11H16N2O2.C9H12N2O.2C7H8O/c1-3-7-15-13(5-1)11-17-19(15)24-21(26-17)23(9-10-23)22-25-20-16-8-4-2-6-14(16)12-18(20)27-22;2*1-12-9-14(3)19(17-12)16(20)10-13(2)18-21-11-15-7-5-4-6-8-15;2*1-9(7-11(12)14)13-15-8-10-5-3-2-4-6-10;1-4-5-9(12)11-8(3)6-7(2)10-11;2*8-6-7-4-2-1-3-5-7/h1-8,17-20H,9-12H2;2*4-9,13,18H,10-11H2,1-3H3;2*2-6,9,13H,7-8H2,1H3,(H2,12,14);4-6H,1-3H3;2*1-5,8H,6H2/b;;;;;5-4+;;. The van der Waals surface area contributed by atoms with Gasteiger partial charge in [-0.1, -0.05) is 237 Å². The van der Waals surface area contributed by atoms with Crippen LogP contribution in [0.25, 0.3) is 0 Å². The number of aliphatic hydroxyl groups is 2. The van der Waals surface area contributed by atoms with Crippen LogP contribution in [0.5, 0.6) is 0 Å². The van der Waals surface area contributed by atoms with E-state index in [1.807, 2.05) is 276 Å². The monoisotopic (exact) mass is 1730 g/mol. The first-order chi connectivity index (χ1) is 61.3. The van der Waals surface area contributed by atoms with Crippen LogP contribution in [0.15, 0.2) is 271 Å². The number of primary amides is 2. The van der Waals surface area contributed by atoms with Crippen molar-refractivity contribution in [3.63, 3.8) is 0 Å². The van der Waals surface area contributed by atoms with Crippen LogP contribution in [0.3, 0.4) is 0 Å². The van der Waals surface area contributed by atoms with Crippen LogP contribution in [0.4, 0.5) is 0 Å². The van der Waals surface area contributed by atoms with Gasteiger partial charge in [-0.05, 0) is 163 Å². The lowest BCUT2D eigenvalue weighted by Gasteiger charge is -2.18. The van der Waals surface area contributed by atoms with Crippen LogP contribution in [0.2, 0.25) is 0 Å². The summed E-state index contributed by atoms with van der Waals surface area (Å²) in [5.74, 6) is 0.908. The number of nitrogens with zero attached hydrogens (tertiary/aromatic N) is 8. The van der Waals surface area contributed by atoms with Gasteiger partial charge in [0.1, 0.15) is 29.7 Å². The summed E-state index contributed by atoms with van der Waals surface area (Å²) < 4.78 is 17.1. The number of nitrogens with two attached hydrogens (primary N) is 2. The van der Waals surface area contributed by atoms with Gasteiger partial charge in [0.05, 0.1) is 56.7 Å². The Bertz CT molecular complexity index is 5010. The molecule has 127 heavy (non-hydrogen) atoms. The van der Waals surface area contributed by atoms with Crippen molar-refractivity contribution in [3.05, 3.63) is 351 Å². The van der Waals surface area contributed by atoms with Crippen LogP contribution in [0, 0.1) is 47.0 Å². The maximum absolute atomic E-state index is 12.1. The highest BCUT2D eigenvalue weighted by atomic mass is 16.7. The summed E-state index contributed by atoms with van der Waals surface area (Å²) in [4.78, 5) is 88.1. The topological polar surface area (TPSA) is 360 Å². The smallest absolute Gasteiger partial charge is 0.270 e. The number of benzene rings is 8. The highest BCUT2D eigenvalue weighted by Crippen LogP contribution is 2.56. The van der Waals surface area contributed by atoms with Gasteiger partial charge in [-0.15, -0.1) is 0 Å². The number of fused-ring (bicyclic) bond motifs is 6. The van der Waals surface area contributed by atoms with Gasteiger partial charge in [-0.2, -0.15) is 37.2 Å². The number of aromatic nitrogens is 6. The van der Waals surface area contributed by atoms with Crippen LogP contribution >= 0.6 is 0 Å². The number of aliphatic hydroxyl groups excluding tert-OH is 2. The minimum Gasteiger partial charge on any atom is -0.474 e. The quantitative estimate of drug-likeness (QED) is 0.0159. The number of rotatable bonds is 29. The molecule has 16 rings (SSSR count). The van der Waals surface area contributed by atoms with E-state index in [9.17, 15) is 24.0 Å². The number of aliphatic imine (C=N–C) groups is 2. The molecule has 1 saturated carbocycles. The number of amides is 2. The number of carbonyl (C=O) groups is 5. The van der Waals surface area contributed by atoms with Gasteiger partial charge >= 0.3 is 0 Å². The SMILES string of the molecule is C/C=C/C(=O)n1nc(C)cc1C.CC(CC(N)=O)NOCc1ccccc1.CC(CC(N)=O)NOCc1ccccc1.Cc1cc(C)n(C(=O)CC(C)NOCc2ccccc2)n1.Cc1cc(C)n(C(=O)CC(C)NOCc2ccccc2)n1.OCc1ccccc1.OCc1ccccc1.c1ccc2c(c1)CC1OC(C3(C4=NC5c6ccccc6CC5O4)CC3)=NC21. The molecule has 5 heterocycles. The van der Waals surface area contributed by atoms with Crippen LogP contribution in [-0.2, 0) is 90.9 Å². The largest absolute Gasteiger partial charge is 0.474 e. The van der Waals surface area contributed by atoms with Crippen molar-refractivity contribution in [1.29, 1.82) is 0 Å². The molecular formula is C100H122N14O13. The van der Waals surface area contributed by atoms with Crippen molar-refractivity contribution in [2.24, 2.45) is 26.9 Å². The molecule has 27 heteroatoms. The molecule has 10 N–H and O–H groups in total. The van der Waals surface area contributed by atoms with Gasteiger partial charge in [0.15, 0.2) is 11.8 Å². The molecule has 3 aliphatic carbocycles. The lowest BCUT2D eigenvalue weighted by atomic mass is 10.1. The Morgan fingerprint density at radius 1 is 0.417 bits per heavy atom. The Hall–Kier alpha value is -12.4. The number of nitrogens with one attached hydrogen (secondary N) is 4. The van der Waals surface area contributed by atoms with Crippen molar-refractivity contribution in [1.82, 2.24) is 51.3 Å². The van der Waals surface area contributed by atoms with Gasteiger partial charge in [0.25, 0.3) is 5.91 Å². The first kappa shape index (κ1) is 98.4. The van der Waals surface area contributed by atoms with Crippen molar-refractivity contribution in [3.8, 4) is 0 Å². The molecule has 8 atom stereocenters. The minimum atomic E-state index is -0.335. The van der Waals surface area contributed by atoms with E-state index < -0.39 is 0 Å². The number of aryl methyl sites for hydroxylation is 6. The molecular weight excluding hydrogens is 1610 g/mol. The second-order valence-electron chi connectivity index (χ2n) is 31.8. The normalized spacial score (nSPS) is 16.2. The van der Waals surface area contributed by atoms with Crippen molar-refractivity contribution in [2.45, 2.75) is 216 Å². The molecule has 0 bridgehead atoms. The van der Waals surface area contributed by atoms with Gasteiger partial charge in [-0.25, -0.2) is 24.0 Å². The van der Waals surface area contributed by atoms with Gasteiger partial charge in [-0.3, -0.25) is 43.3 Å². The second-order valence-corrected chi connectivity index (χ2v) is 31.8. The molecule has 27 nitrogen and oxygen atoms in total. The van der Waals surface area contributed by atoms with E-state index in [0.29, 0.717) is 39.3 Å². The van der Waals surface area contributed by atoms with E-state index in [4.69, 9.17) is 60.5 Å². The summed E-state index contributed by atoms with van der Waals surface area (Å²) >= 11 is 0. The number of allylic oxidation sites excluding steroid dienone is 2. The highest BCUT2D eigenvalue weighted by Gasteiger charge is 2.61. The number of hydroxylamine groups is 4. The average Bonchev–Trinajstić information content (AvgIpc) is 1.55. The molecule has 3 aromatic heterocycles. The van der Waals surface area contributed by atoms with Gasteiger partial charge in [0, 0.05) is 85.9 Å². The fourth-order valence-electron chi connectivity index (χ4n) is 14.1. The fourth-order valence-corrected chi connectivity index (χ4v) is 14.1. The zero-order valence-electron chi connectivity index (χ0n) is 74.5. The molecule has 1 fully saturated rings.